The van der Waals surface area contributed by atoms with Crippen molar-refractivity contribution < 1.29 is 0 Å². The summed E-state index contributed by atoms with van der Waals surface area (Å²) in [6.07, 6.45) is 5.18. The van der Waals surface area contributed by atoms with E-state index in [-0.39, 0.29) is 0 Å². The van der Waals surface area contributed by atoms with Gasteiger partial charge in [0.2, 0.25) is 0 Å². The van der Waals surface area contributed by atoms with Crippen LogP contribution in [-0.4, -0.2) is 8.07 Å². The minimum Gasteiger partial charge on any atom is -0.0679 e. The van der Waals surface area contributed by atoms with Crippen molar-refractivity contribution in [2.24, 2.45) is 11.8 Å². The molecule has 6 rings (SSSR count). The number of aryl methyl sites for hydroxylation is 4. The second-order valence-electron chi connectivity index (χ2n) is 14.7. The van der Waals surface area contributed by atoms with Crippen LogP contribution < -0.4 is 0 Å². The highest BCUT2D eigenvalue weighted by Crippen LogP contribution is 2.56. The first-order valence-electron chi connectivity index (χ1n) is 16.2. The first-order chi connectivity index (χ1) is 20.4. The number of hydrogen-bond acceptors (Lipinski definition) is 0. The van der Waals surface area contributed by atoms with Gasteiger partial charge in [-0.1, -0.05) is 159 Å². The molecule has 0 spiro atoms. The lowest BCUT2D eigenvalue weighted by molar-refractivity contribution is 0.709. The van der Waals surface area contributed by atoms with Crippen molar-refractivity contribution in [1.82, 2.24) is 0 Å². The lowest BCUT2D eigenvalue weighted by atomic mass is 9.94. The maximum Gasteiger partial charge on any atom is 0.0722 e. The number of fused-ring (bicyclic) bond motifs is 2. The Balaban J connectivity index is 1.53. The highest BCUT2D eigenvalue weighted by molar-refractivity contribution is 6.81. The Bertz CT molecular complexity index is 1620. The molecule has 1 heteroatoms. The van der Waals surface area contributed by atoms with E-state index >= 15 is 0 Å². The minimum absolute atomic E-state index is 0.483. The molecule has 43 heavy (non-hydrogen) atoms. The lowest BCUT2D eigenvalue weighted by Gasteiger charge is -2.41. The zero-order valence-corrected chi connectivity index (χ0v) is 28.9. The summed E-state index contributed by atoms with van der Waals surface area (Å²) in [6.45, 7) is 23.9. The van der Waals surface area contributed by atoms with Gasteiger partial charge in [-0.05, 0) is 84.0 Å². The van der Waals surface area contributed by atoms with E-state index < -0.39 is 8.07 Å². The predicted octanol–water partition coefficient (Wildman–Crippen LogP) is 12.0. The molecule has 2 aliphatic rings. The van der Waals surface area contributed by atoms with Crippen molar-refractivity contribution in [3.05, 3.63) is 128 Å². The Labute approximate surface area is 261 Å². The maximum absolute atomic E-state index is 2.69. The summed E-state index contributed by atoms with van der Waals surface area (Å²) in [6, 6.07) is 28.3. The van der Waals surface area contributed by atoms with Gasteiger partial charge in [-0.2, -0.15) is 0 Å². The monoisotopic (exact) mass is 580 g/mol. The number of hydrogen-bond donors (Lipinski definition) is 0. The lowest BCUT2D eigenvalue weighted by Crippen LogP contribution is -2.44. The van der Waals surface area contributed by atoms with Crippen LogP contribution in [0.4, 0.5) is 0 Å². The molecule has 2 aliphatic carbocycles. The van der Waals surface area contributed by atoms with Crippen molar-refractivity contribution in [2.45, 2.75) is 79.6 Å². The fourth-order valence-electron chi connectivity index (χ4n) is 8.44. The van der Waals surface area contributed by atoms with Crippen LogP contribution in [0, 0.1) is 39.5 Å². The zero-order valence-electron chi connectivity index (χ0n) is 27.9. The Morgan fingerprint density at radius 1 is 0.512 bits per heavy atom. The maximum atomic E-state index is 2.69. The van der Waals surface area contributed by atoms with E-state index in [1.807, 2.05) is 0 Å². The van der Waals surface area contributed by atoms with Gasteiger partial charge in [0, 0.05) is 11.1 Å². The van der Waals surface area contributed by atoms with Crippen LogP contribution >= 0.6 is 0 Å². The Morgan fingerprint density at radius 3 is 1.19 bits per heavy atom. The fraction of sp³-hybridized carbons (Fsp3) is 0.333. The molecule has 0 aromatic heterocycles. The van der Waals surface area contributed by atoms with E-state index in [0.717, 1.165) is 0 Å². The SMILES string of the molecule is Cc1cc(C)cc(-c2cccc3c2C=C(C(C)C)[C@H]3[Si](C)(C)[C@@H]2C(C(C)C)=Cc3c(-c4cc(C)cc(C)c4)cccc32)c1. The van der Waals surface area contributed by atoms with Gasteiger partial charge in [0.05, 0.1) is 8.07 Å². The second kappa shape index (κ2) is 10.9. The van der Waals surface area contributed by atoms with E-state index in [1.54, 1.807) is 22.3 Å². The molecule has 0 nitrogen and oxygen atoms in total. The third-order valence-electron chi connectivity index (χ3n) is 10.1. The van der Waals surface area contributed by atoms with Crippen LogP contribution in [0.1, 0.15) is 83.3 Å². The third kappa shape index (κ3) is 5.10. The molecule has 0 saturated carbocycles. The van der Waals surface area contributed by atoms with Gasteiger partial charge < -0.3 is 0 Å². The number of rotatable bonds is 6. The molecule has 0 fully saturated rings. The first-order valence-corrected chi connectivity index (χ1v) is 19.4. The quantitative estimate of drug-likeness (QED) is 0.199. The van der Waals surface area contributed by atoms with Gasteiger partial charge in [-0.15, -0.1) is 0 Å². The van der Waals surface area contributed by atoms with E-state index in [9.17, 15) is 0 Å². The van der Waals surface area contributed by atoms with Crippen LogP contribution in [0.25, 0.3) is 34.4 Å². The molecule has 0 bridgehead atoms. The smallest absolute Gasteiger partial charge is 0.0679 e. The normalized spacial score (nSPS) is 17.8. The van der Waals surface area contributed by atoms with Gasteiger partial charge in [0.25, 0.3) is 0 Å². The molecule has 0 amide bonds. The standard InChI is InChI=1S/C42H48Si/c1-25(2)37-23-39-33(31-19-27(5)17-28(6)20-31)13-11-15-35(39)41(37)43(9,10)42-36-16-12-14-34(40(36)24-38(42)26(3)4)32-21-29(7)18-30(8)22-32/h11-26,41-42H,1-10H3/t41-,42-/m0/s1. The van der Waals surface area contributed by atoms with Crippen LogP contribution in [0.2, 0.25) is 13.1 Å². The van der Waals surface area contributed by atoms with Crippen LogP contribution in [0.15, 0.2) is 83.9 Å². The summed E-state index contributed by atoms with van der Waals surface area (Å²) < 4.78 is 0. The molecule has 4 aromatic carbocycles. The fourth-order valence-corrected chi connectivity index (χ4v) is 13.4. The van der Waals surface area contributed by atoms with E-state index in [2.05, 4.69) is 153 Å². The van der Waals surface area contributed by atoms with E-state index in [0.29, 0.717) is 22.9 Å². The molecule has 4 aromatic rings. The molecule has 0 saturated heterocycles. The largest absolute Gasteiger partial charge is 0.0722 e. The van der Waals surface area contributed by atoms with Crippen molar-refractivity contribution in [1.29, 1.82) is 0 Å². The van der Waals surface area contributed by atoms with Crippen molar-refractivity contribution in [2.75, 3.05) is 0 Å². The Morgan fingerprint density at radius 2 is 0.860 bits per heavy atom. The summed E-state index contributed by atoms with van der Waals surface area (Å²) in [5.74, 6) is 1.01. The summed E-state index contributed by atoms with van der Waals surface area (Å²) in [5, 5.41) is 0. The van der Waals surface area contributed by atoms with Gasteiger partial charge in [-0.3, -0.25) is 0 Å². The summed E-state index contributed by atoms with van der Waals surface area (Å²) in [7, 11) is -2.02. The van der Waals surface area contributed by atoms with Crippen molar-refractivity contribution in [3.8, 4) is 22.3 Å². The summed E-state index contributed by atoms with van der Waals surface area (Å²) in [5.41, 5.74) is 21.0. The van der Waals surface area contributed by atoms with Crippen LogP contribution in [-0.2, 0) is 0 Å². The average Bonchev–Trinajstić information content (AvgIpc) is 3.52. The minimum atomic E-state index is -2.02. The number of benzene rings is 4. The average molecular weight is 581 g/mol. The van der Waals surface area contributed by atoms with Gasteiger partial charge in [-0.25, -0.2) is 0 Å². The summed E-state index contributed by atoms with van der Waals surface area (Å²) >= 11 is 0. The van der Waals surface area contributed by atoms with Crippen molar-refractivity contribution >= 4 is 20.2 Å². The van der Waals surface area contributed by atoms with E-state index in [4.69, 9.17) is 0 Å². The van der Waals surface area contributed by atoms with Gasteiger partial charge in [0.1, 0.15) is 0 Å². The molecule has 220 valence electrons. The van der Waals surface area contributed by atoms with Crippen LogP contribution in [0.3, 0.4) is 0 Å². The van der Waals surface area contributed by atoms with Gasteiger partial charge in [0.15, 0.2) is 0 Å². The zero-order chi connectivity index (χ0) is 30.8. The molecular weight excluding hydrogens is 533 g/mol. The second-order valence-corrected chi connectivity index (χ2v) is 19.5. The topological polar surface area (TPSA) is 0 Å². The molecule has 0 radical (unpaired) electrons. The Kier molecular flexibility index (Phi) is 7.54. The predicted molar refractivity (Wildman–Crippen MR) is 191 cm³/mol. The Hall–Kier alpha value is -3.42. The van der Waals surface area contributed by atoms with Crippen molar-refractivity contribution in [3.63, 3.8) is 0 Å². The molecule has 0 heterocycles. The molecule has 0 N–H and O–H groups in total. The molecule has 0 aliphatic heterocycles. The third-order valence-corrected chi connectivity index (χ3v) is 14.3. The molecule has 0 unspecified atom stereocenters. The highest BCUT2D eigenvalue weighted by Gasteiger charge is 2.49. The summed E-state index contributed by atoms with van der Waals surface area (Å²) in [4.78, 5) is 0. The van der Waals surface area contributed by atoms with Gasteiger partial charge >= 0.3 is 0 Å². The highest BCUT2D eigenvalue weighted by atomic mass is 28.3. The first kappa shape index (κ1) is 29.6. The molecular formula is C42H48Si. The van der Waals surface area contributed by atoms with E-state index in [1.165, 1.54) is 55.6 Å². The molecule has 2 atom stereocenters. The van der Waals surface area contributed by atoms with Crippen LogP contribution in [0.5, 0.6) is 0 Å². The number of allylic oxidation sites excluding steroid dienone is 2.